The highest BCUT2D eigenvalue weighted by Crippen LogP contribution is 2.15. The zero-order chi connectivity index (χ0) is 24.3. The fourth-order valence-corrected chi connectivity index (χ4v) is 6.18. The molecule has 0 aliphatic carbocycles. The highest BCUT2D eigenvalue weighted by Gasteiger charge is 2.37. The van der Waals surface area contributed by atoms with Crippen LogP contribution in [0.4, 0.5) is 9.59 Å². The minimum Gasteiger partial charge on any atom is -0.450 e. The monoisotopic (exact) mass is 500 g/mol. The molecule has 190 valence electrons. The third-order valence-electron chi connectivity index (χ3n) is 4.73. The van der Waals surface area contributed by atoms with Gasteiger partial charge < -0.3 is 46.7 Å². The van der Waals surface area contributed by atoms with E-state index in [1.54, 1.807) is 42.7 Å². The molecule has 0 saturated carbocycles. The Balaban J connectivity index is 3.70. The van der Waals surface area contributed by atoms with Gasteiger partial charge in [0.15, 0.2) is 0 Å². The third-order valence-corrected chi connectivity index (χ3v) is 10.4. The minimum absolute atomic E-state index is 0.238. The highest BCUT2D eigenvalue weighted by atomic mass is 28.4. The van der Waals surface area contributed by atoms with Crippen LogP contribution in [0.2, 0.25) is 12.1 Å². The predicted molar refractivity (Wildman–Crippen MR) is 120 cm³/mol. The van der Waals surface area contributed by atoms with Gasteiger partial charge in [-0.25, -0.2) is 9.59 Å². The summed E-state index contributed by atoms with van der Waals surface area (Å²) in [5.41, 5.74) is 0. The number of ether oxygens (including phenoxy) is 2. The number of rotatable bonds is 19. The van der Waals surface area contributed by atoms with E-state index in [-0.39, 0.29) is 13.2 Å². The van der Waals surface area contributed by atoms with Crippen LogP contribution in [0.15, 0.2) is 0 Å². The Kier molecular flexibility index (Phi) is 17.5. The van der Waals surface area contributed by atoms with E-state index in [4.69, 9.17) is 36.0 Å². The van der Waals surface area contributed by atoms with Crippen molar-refractivity contribution in [3.63, 3.8) is 0 Å². The minimum atomic E-state index is -2.62. The summed E-state index contributed by atoms with van der Waals surface area (Å²) in [6.45, 7) is 1.33. The molecule has 0 fully saturated rings. The van der Waals surface area contributed by atoms with Gasteiger partial charge in [-0.3, -0.25) is 0 Å². The molecule has 0 saturated heterocycles. The Hall–Kier alpha value is -1.27. The van der Waals surface area contributed by atoms with Crippen molar-refractivity contribution in [2.24, 2.45) is 0 Å². The fourth-order valence-electron chi connectivity index (χ4n) is 2.74. The summed E-state index contributed by atoms with van der Waals surface area (Å²) in [5.74, 6) is 0. The van der Waals surface area contributed by atoms with Crippen LogP contribution >= 0.6 is 0 Å². The molecule has 12 nitrogen and oxygen atoms in total. The molecule has 0 radical (unpaired) electrons. The number of amides is 2. The van der Waals surface area contributed by atoms with E-state index in [9.17, 15) is 9.59 Å². The first-order valence-electron chi connectivity index (χ1n) is 10.5. The van der Waals surface area contributed by atoms with E-state index in [1.807, 2.05) is 0 Å². The normalized spacial score (nSPS) is 11.8. The molecule has 0 aromatic rings. The van der Waals surface area contributed by atoms with Gasteiger partial charge in [-0.1, -0.05) is 0 Å². The summed E-state index contributed by atoms with van der Waals surface area (Å²) in [6, 6.07) is 1.17. The molecule has 0 rings (SSSR count). The third kappa shape index (κ3) is 12.7. The lowest BCUT2D eigenvalue weighted by Crippen LogP contribution is -2.43. The zero-order valence-electron chi connectivity index (χ0n) is 20.2. The van der Waals surface area contributed by atoms with E-state index < -0.39 is 29.8 Å². The molecule has 0 atom stereocenters. The Morgan fingerprint density at radius 1 is 0.562 bits per heavy atom. The average Bonchev–Trinajstić information content (AvgIpc) is 2.82. The Bertz CT molecular complexity index is 448. The smallest absolute Gasteiger partial charge is 0.450 e. The van der Waals surface area contributed by atoms with E-state index >= 15 is 0 Å². The van der Waals surface area contributed by atoms with Crippen LogP contribution in [0, 0.1) is 0 Å². The van der Waals surface area contributed by atoms with Crippen molar-refractivity contribution in [2.75, 3.05) is 69.0 Å². The first-order chi connectivity index (χ1) is 15.4. The molecule has 0 bridgehead atoms. The largest absolute Gasteiger partial charge is 0.500 e. The number of nitrogens with one attached hydrogen (secondary N) is 2. The Morgan fingerprint density at radius 3 is 1.16 bits per heavy atom. The summed E-state index contributed by atoms with van der Waals surface area (Å²) in [4.78, 5) is 23.3. The molecule has 32 heavy (non-hydrogen) atoms. The summed E-state index contributed by atoms with van der Waals surface area (Å²) >= 11 is 0. The molecular formula is C18H40N2O10Si2. The second-order valence-electron chi connectivity index (χ2n) is 6.63. The number of carbonyl (C=O) groups excluding carboxylic acids is 2. The molecule has 0 heterocycles. The van der Waals surface area contributed by atoms with Gasteiger partial charge in [0.05, 0.1) is 13.2 Å². The number of hydrogen-bond donors (Lipinski definition) is 2. The second kappa shape index (κ2) is 18.2. The lowest BCUT2D eigenvalue weighted by atomic mass is 10.3. The molecule has 0 aliphatic heterocycles. The zero-order valence-corrected chi connectivity index (χ0v) is 22.2. The number of unbranched alkanes of at least 4 members (excludes halogenated alkanes) is 1. The van der Waals surface area contributed by atoms with Gasteiger partial charge in [0, 0.05) is 67.8 Å². The van der Waals surface area contributed by atoms with E-state index in [0.29, 0.717) is 50.9 Å². The second-order valence-corrected chi connectivity index (χ2v) is 12.8. The van der Waals surface area contributed by atoms with Crippen LogP contribution in [0.25, 0.3) is 0 Å². The van der Waals surface area contributed by atoms with Crippen molar-refractivity contribution >= 4 is 29.8 Å². The molecule has 14 heteroatoms. The summed E-state index contributed by atoms with van der Waals surface area (Å²) in [6.07, 6.45) is 1.46. The lowest BCUT2D eigenvalue weighted by Gasteiger charge is -2.24. The van der Waals surface area contributed by atoms with Crippen LogP contribution in [0.3, 0.4) is 0 Å². The number of carbonyl (C=O) groups is 2. The first kappa shape index (κ1) is 30.7. The highest BCUT2D eigenvalue weighted by molar-refractivity contribution is 6.60. The van der Waals surface area contributed by atoms with E-state index in [2.05, 4.69) is 10.6 Å². The van der Waals surface area contributed by atoms with Crippen molar-refractivity contribution in [2.45, 2.75) is 37.8 Å². The quantitative estimate of drug-likeness (QED) is 0.200. The first-order valence-corrected chi connectivity index (χ1v) is 14.3. The maximum Gasteiger partial charge on any atom is 0.500 e. The Morgan fingerprint density at radius 2 is 0.875 bits per heavy atom. The van der Waals surface area contributed by atoms with Crippen molar-refractivity contribution in [3.8, 4) is 0 Å². The topological polar surface area (TPSA) is 132 Å². The van der Waals surface area contributed by atoms with E-state index in [1.165, 1.54) is 0 Å². The molecule has 0 aliphatic rings. The SMILES string of the molecule is CO[Si](CCCNC(=O)OCCCCOC(=O)NCCC[Si](OC)(OC)OC)(OC)OC. The molecule has 0 spiro atoms. The van der Waals surface area contributed by atoms with Gasteiger partial charge in [0.25, 0.3) is 0 Å². The molecule has 2 amide bonds. The van der Waals surface area contributed by atoms with Crippen LogP contribution < -0.4 is 10.6 Å². The summed E-state index contributed by atoms with van der Waals surface area (Å²) in [7, 11) is 4.05. The van der Waals surface area contributed by atoms with Crippen LogP contribution in [0.5, 0.6) is 0 Å². The maximum absolute atomic E-state index is 11.7. The predicted octanol–water partition coefficient (Wildman–Crippen LogP) is 1.76. The van der Waals surface area contributed by atoms with Gasteiger partial charge in [0.2, 0.25) is 0 Å². The van der Waals surface area contributed by atoms with Gasteiger partial charge >= 0.3 is 29.8 Å². The molecule has 0 aromatic heterocycles. The van der Waals surface area contributed by atoms with Gasteiger partial charge in [-0.05, 0) is 25.7 Å². The molecular weight excluding hydrogens is 460 g/mol. The summed E-state index contributed by atoms with van der Waals surface area (Å²) < 4.78 is 42.0. The van der Waals surface area contributed by atoms with Crippen molar-refractivity contribution in [1.29, 1.82) is 0 Å². The Labute approximate surface area is 193 Å². The van der Waals surface area contributed by atoms with Crippen molar-refractivity contribution in [1.82, 2.24) is 10.6 Å². The molecule has 2 N–H and O–H groups in total. The lowest BCUT2D eigenvalue weighted by molar-refractivity contribution is 0.120. The van der Waals surface area contributed by atoms with Crippen LogP contribution in [-0.4, -0.2) is 98.8 Å². The van der Waals surface area contributed by atoms with Crippen molar-refractivity contribution in [3.05, 3.63) is 0 Å². The number of alkyl carbamates (subject to hydrolysis) is 2. The molecule has 0 aromatic carbocycles. The number of hydrogen-bond acceptors (Lipinski definition) is 10. The van der Waals surface area contributed by atoms with Gasteiger partial charge in [0.1, 0.15) is 0 Å². The van der Waals surface area contributed by atoms with E-state index in [0.717, 1.165) is 0 Å². The van der Waals surface area contributed by atoms with Crippen LogP contribution in [-0.2, 0) is 36.0 Å². The van der Waals surface area contributed by atoms with Gasteiger partial charge in [-0.2, -0.15) is 0 Å². The maximum atomic E-state index is 11.7. The van der Waals surface area contributed by atoms with Crippen molar-refractivity contribution < 1.29 is 45.6 Å². The van der Waals surface area contributed by atoms with Crippen LogP contribution in [0.1, 0.15) is 25.7 Å². The molecule has 0 unspecified atom stereocenters. The fraction of sp³-hybridized carbons (Fsp3) is 0.889. The average molecular weight is 501 g/mol. The standard InChI is InChI=1S/C18H40N2O10Si2/c1-23-31(24-2,25-3)15-9-11-19-17(21)29-13-7-8-14-30-18(22)20-12-10-16-32(26-4,27-5)28-6/h7-16H2,1-6H3,(H,19,21)(H,20,22). The summed E-state index contributed by atoms with van der Waals surface area (Å²) in [5, 5.41) is 5.33. The van der Waals surface area contributed by atoms with Gasteiger partial charge in [-0.15, -0.1) is 0 Å².